The first-order chi connectivity index (χ1) is 10.7. The Balaban J connectivity index is 1.47. The molecular formula is C17H24N2O3. The molecule has 5 heteroatoms. The summed E-state index contributed by atoms with van der Waals surface area (Å²) >= 11 is 0. The lowest BCUT2D eigenvalue weighted by Crippen LogP contribution is -2.71. The van der Waals surface area contributed by atoms with Crippen molar-refractivity contribution in [2.24, 2.45) is 11.3 Å². The lowest BCUT2D eigenvalue weighted by molar-refractivity contribution is -0.172. The molecular weight excluding hydrogens is 280 g/mol. The number of fused-ring (bicyclic) bond motifs is 2. The fourth-order valence-electron chi connectivity index (χ4n) is 4.51. The van der Waals surface area contributed by atoms with Gasteiger partial charge in [0.05, 0.1) is 11.8 Å². The Morgan fingerprint density at radius 1 is 1.55 bits per heavy atom. The average Bonchev–Trinajstić information content (AvgIpc) is 3.10. The molecule has 2 aliphatic carbocycles. The largest absolute Gasteiger partial charge is 0.377 e. The first kappa shape index (κ1) is 14.2. The topological polar surface area (TPSA) is 64.4 Å². The Morgan fingerprint density at radius 2 is 2.36 bits per heavy atom. The van der Waals surface area contributed by atoms with Gasteiger partial charge in [0.15, 0.2) is 0 Å². The summed E-state index contributed by atoms with van der Waals surface area (Å²) < 4.78 is 11.1. The summed E-state index contributed by atoms with van der Waals surface area (Å²) in [6, 6.07) is 2.04. The zero-order valence-corrected chi connectivity index (χ0v) is 13.3. The number of nitrogens with one attached hydrogen (secondary N) is 1. The number of carbonyl (C=O) groups excluding carboxylic acids is 1. The van der Waals surface area contributed by atoms with Gasteiger partial charge in [0.2, 0.25) is 5.76 Å². The van der Waals surface area contributed by atoms with E-state index in [2.05, 4.69) is 24.3 Å². The monoisotopic (exact) mass is 304 g/mol. The second kappa shape index (κ2) is 5.08. The van der Waals surface area contributed by atoms with Crippen molar-refractivity contribution in [1.29, 1.82) is 0 Å². The van der Waals surface area contributed by atoms with E-state index in [0.717, 1.165) is 25.1 Å². The van der Waals surface area contributed by atoms with Gasteiger partial charge >= 0.3 is 0 Å². The maximum Gasteiger partial charge on any atom is 0.290 e. The standard InChI is InChI=1S/C17H24N2O3/c1-3-10(2)12-9-13(22-19-12)16(20)18-14-11-5-8-21-15(11)17(14)6-4-7-17/h9-11,14-15H,3-8H2,1-2H3,(H,18,20)/t10-,11-,14+,15-/m0/s1. The quantitative estimate of drug-likeness (QED) is 0.929. The smallest absolute Gasteiger partial charge is 0.290 e. The van der Waals surface area contributed by atoms with E-state index in [-0.39, 0.29) is 17.4 Å². The van der Waals surface area contributed by atoms with Crippen LogP contribution in [0.4, 0.5) is 0 Å². The number of carbonyl (C=O) groups is 1. The Hall–Kier alpha value is -1.36. The third-order valence-electron chi connectivity index (χ3n) is 6.19. The molecule has 2 saturated carbocycles. The molecule has 1 aromatic rings. The normalized spacial score (nSPS) is 32.9. The van der Waals surface area contributed by atoms with Gasteiger partial charge in [-0.15, -0.1) is 0 Å². The summed E-state index contributed by atoms with van der Waals surface area (Å²) in [5.74, 6) is 1.02. The lowest BCUT2D eigenvalue weighted by Gasteiger charge is -2.63. The van der Waals surface area contributed by atoms with E-state index in [0.29, 0.717) is 23.7 Å². The fraction of sp³-hybridized carbons (Fsp3) is 0.765. The average molecular weight is 304 g/mol. The van der Waals surface area contributed by atoms with Crippen LogP contribution in [0, 0.1) is 11.3 Å². The molecule has 1 aromatic heterocycles. The van der Waals surface area contributed by atoms with Crippen LogP contribution >= 0.6 is 0 Å². The van der Waals surface area contributed by atoms with Crippen molar-refractivity contribution < 1.29 is 14.1 Å². The highest BCUT2D eigenvalue weighted by Crippen LogP contribution is 2.62. The zero-order chi connectivity index (χ0) is 15.3. The molecule has 4 rings (SSSR count). The second-order valence-electron chi connectivity index (χ2n) is 7.21. The minimum Gasteiger partial charge on any atom is -0.377 e. The molecule has 3 aliphatic rings. The summed E-state index contributed by atoms with van der Waals surface area (Å²) in [6.45, 7) is 5.03. The van der Waals surface area contributed by atoms with Gasteiger partial charge in [-0.2, -0.15) is 0 Å². The number of hydrogen-bond acceptors (Lipinski definition) is 4. The van der Waals surface area contributed by atoms with Crippen LogP contribution in [0.3, 0.4) is 0 Å². The van der Waals surface area contributed by atoms with E-state index in [1.807, 2.05) is 0 Å². The molecule has 0 aromatic carbocycles. The molecule has 0 bridgehead atoms. The lowest BCUT2D eigenvalue weighted by atomic mass is 9.46. The van der Waals surface area contributed by atoms with E-state index in [9.17, 15) is 4.79 Å². The van der Waals surface area contributed by atoms with Crippen LogP contribution in [0.2, 0.25) is 0 Å². The van der Waals surface area contributed by atoms with Crippen LogP contribution in [0.15, 0.2) is 10.6 Å². The molecule has 22 heavy (non-hydrogen) atoms. The van der Waals surface area contributed by atoms with Crippen LogP contribution < -0.4 is 5.32 Å². The SMILES string of the molecule is CC[C@H](C)c1cc(C(=O)N[C@@H]2[C@@H]3CCO[C@@H]3C23CCC3)on1. The van der Waals surface area contributed by atoms with Gasteiger partial charge in [-0.1, -0.05) is 25.4 Å². The van der Waals surface area contributed by atoms with Crippen molar-refractivity contribution in [3.63, 3.8) is 0 Å². The molecule has 1 amide bonds. The summed E-state index contributed by atoms with van der Waals surface area (Å²) in [6.07, 6.45) is 6.02. The summed E-state index contributed by atoms with van der Waals surface area (Å²) in [4.78, 5) is 12.5. The highest BCUT2D eigenvalue weighted by Gasteiger charge is 2.67. The number of ether oxygens (including phenoxy) is 1. The molecule has 2 heterocycles. The minimum atomic E-state index is -0.122. The highest BCUT2D eigenvalue weighted by molar-refractivity contribution is 5.91. The predicted molar refractivity (Wildman–Crippen MR) is 80.6 cm³/mol. The Kier molecular flexibility index (Phi) is 3.29. The Bertz CT molecular complexity index is 578. The molecule has 4 atom stereocenters. The number of amides is 1. The Morgan fingerprint density at radius 3 is 3.05 bits per heavy atom. The molecule has 3 fully saturated rings. The Labute approximate surface area is 130 Å². The van der Waals surface area contributed by atoms with Gasteiger partial charge in [-0.25, -0.2) is 0 Å². The third-order valence-corrected chi connectivity index (χ3v) is 6.19. The van der Waals surface area contributed by atoms with Crippen LogP contribution in [0.25, 0.3) is 0 Å². The third kappa shape index (κ3) is 1.87. The highest BCUT2D eigenvalue weighted by atomic mass is 16.5. The van der Waals surface area contributed by atoms with Crippen molar-refractivity contribution >= 4 is 5.91 Å². The summed E-state index contributed by atoms with van der Waals surface area (Å²) in [5, 5.41) is 7.25. The first-order valence-corrected chi connectivity index (χ1v) is 8.55. The van der Waals surface area contributed by atoms with Crippen LogP contribution in [0.5, 0.6) is 0 Å². The summed E-state index contributed by atoms with van der Waals surface area (Å²) in [5.41, 5.74) is 1.07. The number of hydrogen-bond donors (Lipinski definition) is 1. The van der Waals surface area contributed by atoms with Gasteiger partial charge in [0, 0.05) is 36.0 Å². The van der Waals surface area contributed by atoms with Gasteiger partial charge in [0.25, 0.3) is 5.91 Å². The molecule has 1 aliphatic heterocycles. The zero-order valence-electron chi connectivity index (χ0n) is 13.3. The van der Waals surface area contributed by atoms with E-state index < -0.39 is 0 Å². The maximum atomic E-state index is 12.5. The van der Waals surface area contributed by atoms with Gasteiger partial charge < -0.3 is 14.6 Å². The van der Waals surface area contributed by atoms with Crippen molar-refractivity contribution in [1.82, 2.24) is 10.5 Å². The van der Waals surface area contributed by atoms with Crippen LogP contribution in [-0.2, 0) is 4.74 Å². The second-order valence-corrected chi connectivity index (χ2v) is 7.21. The summed E-state index contributed by atoms with van der Waals surface area (Å²) in [7, 11) is 0. The molecule has 120 valence electrons. The van der Waals surface area contributed by atoms with Crippen LogP contribution in [0.1, 0.15) is 68.1 Å². The predicted octanol–water partition coefficient (Wildman–Crippen LogP) is 2.88. The molecule has 0 radical (unpaired) electrons. The van der Waals surface area contributed by atoms with Crippen molar-refractivity contribution in [3.8, 4) is 0 Å². The number of aromatic nitrogens is 1. The van der Waals surface area contributed by atoms with Crippen molar-refractivity contribution in [3.05, 3.63) is 17.5 Å². The van der Waals surface area contributed by atoms with Gasteiger partial charge in [-0.05, 0) is 25.7 Å². The minimum absolute atomic E-state index is 0.122. The number of nitrogens with zero attached hydrogens (tertiary/aromatic N) is 1. The van der Waals surface area contributed by atoms with Gasteiger partial charge in [0.1, 0.15) is 0 Å². The molecule has 1 spiro atoms. The van der Waals surface area contributed by atoms with E-state index >= 15 is 0 Å². The van der Waals surface area contributed by atoms with E-state index in [1.165, 1.54) is 19.3 Å². The molecule has 1 N–H and O–H groups in total. The number of rotatable bonds is 4. The van der Waals surface area contributed by atoms with E-state index in [4.69, 9.17) is 9.26 Å². The van der Waals surface area contributed by atoms with Crippen molar-refractivity contribution in [2.45, 2.75) is 64.0 Å². The fourth-order valence-corrected chi connectivity index (χ4v) is 4.51. The van der Waals surface area contributed by atoms with Gasteiger partial charge in [-0.3, -0.25) is 4.79 Å². The van der Waals surface area contributed by atoms with Crippen LogP contribution in [-0.4, -0.2) is 29.8 Å². The molecule has 5 nitrogen and oxygen atoms in total. The van der Waals surface area contributed by atoms with Crippen molar-refractivity contribution in [2.75, 3.05) is 6.61 Å². The maximum absolute atomic E-state index is 12.5. The van der Waals surface area contributed by atoms with E-state index in [1.54, 1.807) is 6.07 Å². The molecule has 1 saturated heterocycles. The molecule has 0 unspecified atom stereocenters. The first-order valence-electron chi connectivity index (χ1n) is 8.55.